The topological polar surface area (TPSA) is 103 Å². The van der Waals surface area contributed by atoms with Crippen LogP contribution >= 0.6 is 15.9 Å². The van der Waals surface area contributed by atoms with Crippen molar-refractivity contribution in [1.29, 1.82) is 0 Å². The largest absolute Gasteiger partial charge is 0.371 e. The highest BCUT2D eigenvalue weighted by molar-refractivity contribution is 9.10. The zero-order valence-electron chi connectivity index (χ0n) is 11.6. The van der Waals surface area contributed by atoms with Gasteiger partial charge in [0.15, 0.2) is 0 Å². The van der Waals surface area contributed by atoms with E-state index in [0.29, 0.717) is 12.4 Å². The molecule has 0 aromatic carbocycles. The number of ether oxygens (including phenoxy) is 1. The third-order valence-electron chi connectivity index (χ3n) is 3.40. The van der Waals surface area contributed by atoms with Crippen molar-refractivity contribution in [3.8, 4) is 0 Å². The first kappa shape index (κ1) is 14.9. The summed E-state index contributed by atoms with van der Waals surface area (Å²) in [6, 6.07) is 3.55. The Balaban J connectivity index is 1.79. The fourth-order valence-corrected chi connectivity index (χ4v) is 2.79. The normalized spacial score (nSPS) is 20.8. The van der Waals surface area contributed by atoms with Crippen LogP contribution in [0.4, 0.5) is 5.82 Å². The average Bonchev–Trinajstić information content (AvgIpc) is 2.95. The van der Waals surface area contributed by atoms with E-state index in [1.807, 2.05) is 6.07 Å². The van der Waals surface area contributed by atoms with Gasteiger partial charge in [-0.15, -0.1) is 0 Å². The minimum Gasteiger partial charge on any atom is -0.371 e. The number of primary amides is 1. The van der Waals surface area contributed by atoms with Gasteiger partial charge in [-0.3, -0.25) is 9.78 Å². The van der Waals surface area contributed by atoms with E-state index < -0.39 is 5.91 Å². The highest BCUT2D eigenvalue weighted by atomic mass is 79.9. The summed E-state index contributed by atoms with van der Waals surface area (Å²) in [7, 11) is 0. The molecule has 1 aliphatic rings. The molecule has 0 radical (unpaired) electrons. The van der Waals surface area contributed by atoms with Crippen molar-refractivity contribution in [1.82, 2.24) is 15.0 Å². The molecule has 0 saturated carbocycles. The van der Waals surface area contributed by atoms with Crippen LogP contribution in [0.2, 0.25) is 0 Å². The summed E-state index contributed by atoms with van der Waals surface area (Å²) >= 11 is 3.41. The molecule has 1 amide bonds. The Morgan fingerprint density at radius 1 is 1.36 bits per heavy atom. The lowest BCUT2D eigenvalue weighted by atomic mass is 10.0. The monoisotopic (exact) mass is 363 g/mol. The number of carbonyl (C=O) groups excluding carboxylic acids is 1. The second-order valence-corrected chi connectivity index (χ2v) is 5.84. The number of pyridine rings is 1. The quantitative estimate of drug-likeness (QED) is 0.856. The lowest BCUT2D eigenvalue weighted by Crippen LogP contribution is -2.24. The number of hydrogen-bond acceptors (Lipinski definition) is 6. The van der Waals surface area contributed by atoms with Crippen LogP contribution in [-0.4, -0.2) is 33.5 Å². The molecule has 3 rings (SSSR count). The first-order valence-corrected chi connectivity index (χ1v) is 7.53. The summed E-state index contributed by atoms with van der Waals surface area (Å²) in [5, 5.41) is 3.28. The minimum absolute atomic E-state index is 0.0340. The first-order chi connectivity index (χ1) is 10.6. The maximum absolute atomic E-state index is 11.2. The predicted octanol–water partition coefficient (Wildman–Crippen LogP) is 1.68. The molecule has 2 aromatic rings. The number of anilines is 1. The second-order valence-electron chi connectivity index (χ2n) is 4.92. The summed E-state index contributed by atoms with van der Waals surface area (Å²) in [6.45, 7) is 0.641. The molecule has 22 heavy (non-hydrogen) atoms. The molecule has 2 aromatic heterocycles. The van der Waals surface area contributed by atoms with E-state index in [2.05, 4.69) is 36.2 Å². The summed E-state index contributed by atoms with van der Waals surface area (Å²) in [5.74, 6) is -0.0342. The number of nitrogens with two attached hydrogens (primary N) is 1. The summed E-state index contributed by atoms with van der Waals surface area (Å²) < 4.78 is 6.70. The maximum Gasteiger partial charge on any atom is 0.267 e. The van der Waals surface area contributed by atoms with Crippen LogP contribution in [0.3, 0.4) is 0 Å². The van der Waals surface area contributed by atoms with Crippen molar-refractivity contribution in [3.63, 3.8) is 0 Å². The summed E-state index contributed by atoms with van der Waals surface area (Å²) in [6.07, 6.45) is 5.52. The zero-order valence-corrected chi connectivity index (χ0v) is 13.2. The summed E-state index contributed by atoms with van der Waals surface area (Å²) in [4.78, 5) is 23.3. The van der Waals surface area contributed by atoms with E-state index in [9.17, 15) is 4.79 Å². The molecule has 0 bridgehead atoms. The third kappa shape index (κ3) is 3.23. The highest BCUT2D eigenvalue weighted by Gasteiger charge is 2.30. The van der Waals surface area contributed by atoms with Crippen LogP contribution in [-0.2, 0) is 4.74 Å². The Labute approximate surface area is 135 Å². The van der Waals surface area contributed by atoms with E-state index in [1.54, 1.807) is 12.4 Å². The Morgan fingerprint density at radius 3 is 3.00 bits per heavy atom. The molecule has 3 heterocycles. The van der Waals surface area contributed by atoms with Gasteiger partial charge < -0.3 is 15.8 Å². The SMILES string of the molecule is NC(=O)c1cc(N[C@@H]2CCO[C@H]2c2cncc(Br)c2)ncn1. The third-order valence-corrected chi connectivity index (χ3v) is 3.83. The van der Waals surface area contributed by atoms with Crippen LogP contribution in [0, 0.1) is 0 Å². The molecular weight excluding hydrogens is 350 g/mol. The van der Waals surface area contributed by atoms with Gasteiger partial charge in [0.2, 0.25) is 0 Å². The highest BCUT2D eigenvalue weighted by Crippen LogP contribution is 2.31. The van der Waals surface area contributed by atoms with Gasteiger partial charge in [0.05, 0.1) is 6.04 Å². The van der Waals surface area contributed by atoms with Crippen LogP contribution in [0.5, 0.6) is 0 Å². The molecule has 7 nitrogen and oxygen atoms in total. The lowest BCUT2D eigenvalue weighted by molar-refractivity contribution is 0.0995. The lowest BCUT2D eigenvalue weighted by Gasteiger charge is -2.20. The molecule has 0 spiro atoms. The van der Waals surface area contributed by atoms with Gasteiger partial charge in [-0.1, -0.05) is 0 Å². The van der Waals surface area contributed by atoms with Gasteiger partial charge in [-0.2, -0.15) is 0 Å². The van der Waals surface area contributed by atoms with Crippen LogP contribution in [0.15, 0.2) is 35.3 Å². The molecule has 1 saturated heterocycles. The van der Waals surface area contributed by atoms with Crippen molar-refractivity contribution >= 4 is 27.7 Å². The predicted molar refractivity (Wildman–Crippen MR) is 83.2 cm³/mol. The summed E-state index contributed by atoms with van der Waals surface area (Å²) in [5.41, 5.74) is 6.39. The Kier molecular flexibility index (Phi) is 4.30. The average molecular weight is 364 g/mol. The first-order valence-electron chi connectivity index (χ1n) is 6.74. The van der Waals surface area contributed by atoms with Gasteiger partial charge in [-0.05, 0) is 28.4 Å². The van der Waals surface area contributed by atoms with Crippen LogP contribution < -0.4 is 11.1 Å². The van der Waals surface area contributed by atoms with Crippen LogP contribution in [0.25, 0.3) is 0 Å². The fourth-order valence-electron chi connectivity index (χ4n) is 2.41. The molecule has 2 atom stereocenters. The molecule has 0 aliphatic carbocycles. The number of nitrogens with one attached hydrogen (secondary N) is 1. The standard InChI is InChI=1S/C14H14BrN5O2/c15-9-3-8(5-17-6-9)13-10(1-2-22-13)20-12-4-11(14(16)21)18-7-19-12/h3-7,10,13H,1-2H2,(H2,16,21)(H,18,19,20)/t10-,13+/m1/s1. The number of carbonyl (C=O) groups is 1. The number of nitrogens with zero attached hydrogens (tertiary/aromatic N) is 3. The van der Waals surface area contributed by atoms with E-state index >= 15 is 0 Å². The molecule has 1 aliphatic heterocycles. The molecule has 8 heteroatoms. The van der Waals surface area contributed by atoms with Crippen molar-refractivity contribution in [3.05, 3.63) is 46.6 Å². The van der Waals surface area contributed by atoms with Crippen LogP contribution in [0.1, 0.15) is 28.6 Å². The molecule has 0 unspecified atom stereocenters. The number of aromatic nitrogens is 3. The smallest absolute Gasteiger partial charge is 0.267 e. The van der Waals surface area contributed by atoms with Gasteiger partial charge in [0.1, 0.15) is 23.9 Å². The van der Waals surface area contributed by atoms with E-state index in [0.717, 1.165) is 16.5 Å². The van der Waals surface area contributed by atoms with Gasteiger partial charge in [-0.25, -0.2) is 9.97 Å². The van der Waals surface area contributed by atoms with Gasteiger partial charge in [0, 0.05) is 35.1 Å². The molecule has 114 valence electrons. The maximum atomic E-state index is 11.2. The Morgan fingerprint density at radius 2 is 2.23 bits per heavy atom. The number of rotatable bonds is 4. The zero-order chi connectivity index (χ0) is 15.5. The second kappa shape index (κ2) is 6.37. The van der Waals surface area contributed by atoms with Gasteiger partial charge in [0.25, 0.3) is 5.91 Å². The number of hydrogen-bond donors (Lipinski definition) is 2. The van der Waals surface area contributed by atoms with E-state index in [-0.39, 0.29) is 17.8 Å². The minimum atomic E-state index is -0.583. The van der Waals surface area contributed by atoms with Crippen molar-refractivity contribution in [2.24, 2.45) is 5.73 Å². The van der Waals surface area contributed by atoms with Crippen molar-refractivity contribution in [2.75, 3.05) is 11.9 Å². The molecule has 3 N–H and O–H groups in total. The molecular formula is C14H14BrN5O2. The number of halogens is 1. The van der Waals surface area contributed by atoms with Crippen molar-refractivity contribution < 1.29 is 9.53 Å². The fraction of sp³-hybridized carbons (Fsp3) is 0.286. The number of amides is 1. The Bertz CT molecular complexity index is 696. The van der Waals surface area contributed by atoms with Crippen molar-refractivity contribution in [2.45, 2.75) is 18.6 Å². The van der Waals surface area contributed by atoms with E-state index in [4.69, 9.17) is 10.5 Å². The molecule has 1 fully saturated rings. The van der Waals surface area contributed by atoms with Gasteiger partial charge >= 0.3 is 0 Å². The van der Waals surface area contributed by atoms with E-state index in [1.165, 1.54) is 12.4 Å². The Hall–Kier alpha value is -2.06.